The van der Waals surface area contributed by atoms with Crippen LogP contribution in [-0.2, 0) is 28.6 Å². The molecule has 64 heavy (non-hydrogen) atoms. The molecule has 0 aliphatic heterocycles. The summed E-state index contributed by atoms with van der Waals surface area (Å²) in [6, 6.07) is 0. The summed E-state index contributed by atoms with van der Waals surface area (Å²) < 4.78 is 16.8. The molecule has 6 nitrogen and oxygen atoms in total. The maximum absolute atomic E-state index is 12.8. The van der Waals surface area contributed by atoms with Gasteiger partial charge in [0.2, 0.25) is 0 Å². The molecule has 0 aromatic rings. The number of hydrogen-bond acceptors (Lipinski definition) is 6. The predicted molar refractivity (Wildman–Crippen MR) is 275 cm³/mol. The number of esters is 3. The quantitative estimate of drug-likeness (QED) is 0.0199. The van der Waals surface area contributed by atoms with E-state index in [1.54, 1.807) is 0 Å². The Hall–Kier alpha value is -2.63. The van der Waals surface area contributed by atoms with Crippen LogP contribution in [-0.4, -0.2) is 37.2 Å². The van der Waals surface area contributed by atoms with Gasteiger partial charge < -0.3 is 14.2 Å². The topological polar surface area (TPSA) is 78.9 Å². The smallest absolute Gasteiger partial charge is 0.306 e. The molecule has 0 amide bonds. The van der Waals surface area contributed by atoms with Crippen molar-refractivity contribution in [3.63, 3.8) is 0 Å². The fourth-order valence-electron chi connectivity index (χ4n) is 7.83. The second-order valence-electron chi connectivity index (χ2n) is 18.5. The largest absolute Gasteiger partial charge is 0.462 e. The number of rotatable bonds is 50. The lowest BCUT2D eigenvalue weighted by atomic mass is 10.1. The molecule has 0 aromatic carbocycles. The first kappa shape index (κ1) is 61.4. The summed E-state index contributed by atoms with van der Waals surface area (Å²) in [5.41, 5.74) is 0. The summed E-state index contributed by atoms with van der Waals surface area (Å²) in [4.78, 5) is 38.0. The minimum atomic E-state index is -0.793. The van der Waals surface area contributed by atoms with E-state index >= 15 is 0 Å². The van der Waals surface area contributed by atoms with Crippen LogP contribution in [0.1, 0.15) is 284 Å². The molecule has 0 bridgehead atoms. The highest BCUT2D eigenvalue weighted by atomic mass is 16.6. The Balaban J connectivity index is 4.42. The fraction of sp³-hybridized carbons (Fsp3) is 0.810. The van der Waals surface area contributed by atoms with Crippen LogP contribution in [0, 0.1) is 0 Å². The van der Waals surface area contributed by atoms with Crippen molar-refractivity contribution in [1.29, 1.82) is 0 Å². The highest BCUT2D eigenvalue weighted by molar-refractivity contribution is 5.71. The Labute approximate surface area is 397 Å². The van der Waals surface area contributed by atoms with E-state index in [0.29, 0.717) is 19.3 Å². The standard InChI is InChI=1S/C58H104O6/c1-4-7-10-13-16-19-22-25-27-29-31-33-36-39-42-45-48-51-57(60)63-54-55(53-62-56(59)50-47-44-41-38-35-32-24-21-18-15-12-9-6-3)64-58(61)52-49-46-43-40-37-34-30-28-26-23-20-17-14-11-8-5-2/h25,27-28,30,32,34-35,37,55H,4-24,26,29,31,33,36,38-54H2,1-3H3/b27-25-,30-28-,35-32-,37-34-. The third-order valence-electron chi connectivity index (χ3n) is 12.1. The van der Waals surface area contributed by atoms with E-state index in [9.17, 15) is 14.4 Å². The van der Waals surface area contributed by atoms with Crippen molar-refractivity contribution in [2.75, 3.05) is 13.2 Å². The Morgan fingerprint density at radius 2 is 0.562 bits per heavy atom. The molecular formula is C58H104O6. The van der Waals surface area contributed by atoms with Gasteiger partial charge in [0.05, 0.1) is 0 Å². The summed E-state index contributed by atoms with van der Waals surface area (Å²) in [5, 5.41) is 0. The number of ether oxygens (including phenoxy) is 3. The molecule has 0 rings (SSSR count). The average Bonchev–Trinajstić information content (AvgIpc) is 3.29. The Morgan fingerprint density at radius 1 is 0.312 bits per heavy atom. The van der Waals surface area contributed by atoms with Crippen molar-refractivity contribution in [3.8, 4) is 0 Å². The van der Waals surface area contributed by atoms with Crippen molar-refractivity contribution in [1.82, 2.24) is 0 Å². The molecule has 0 radical (unpaired) electrons. The molecule has 0 aliphatic carbocycles. The normalized spacial score (nSPS) is 12.4. The van der Waals surface area contributed by atoms with Crippen molar-refractivity contribution < 1.29 is 28.6 Å². The van der Waals surface area contributed by atoms with Gasteiger partial charge in [-0.05, 0) is 96.3 Å². The van der Waals surface area contributed by atoms with E-state index in [2.05, 4.69) is 69.4 Å². The third kappa shape index (κ3) is 50.4. The number of carbonyl (C=O) groups excluding carboxylic acids is 3. The van der Waals surface area contributed by atoms with Crippen LogP contribution in [0.25, 0.3) is 0 Å². The molecule has 0 fully saturated rings. The van der Waals surface area contributed by atoms with E-state index in [1.807, 2.05) is 0 Å². The fourth-order valence-corrected chi connectivity index (χ4v) is 7.83. The number of hydrogen-bond donors (Lipinski definition) is 0. The van der Waals surface area contributed by atoms with Crippen LogP contribution in [0.5, 0.6) is 0 Å². The number of allylic oxidation sites excluding steroid dienone is 8. The summed E-state index contributed by atoms with van der Waals surface area (Å²) >= 11 is 0. The Morgan fingerprint density at radius 3 is 0.891 bits per heavy atom. The number of unbranched alkanes of at least 4 members (excludes halogenated alkanes) is 32. The van der Waals surface area contributed by atoms with Crippen LogP contribution in [0.4, 0.5) is 0 Å². The molecule has 6 heteroatoms. The van der Waals surface area contributed by atoms with Crippen LogP contribution >= 0.6 is 0 Å². The minimum Gasteiger partial charge on any atom is -0.462 e. The molecule has 1 atom stereocenters. The lowest BCUT2D eigenvalue weighted by molar-refractivity contribution is -0.167. The SMILES string of the molecule is CCCCCCCC/C=C\CCCCCCCCCC(=O)OCC(COC(=O)CCCCC/C=C\CCCCCCCC)OC(=O)CCCCC/C=C\C=C/CCCCCCCCC. The second-order valence-corrected chi connectivity index (χ2v) is 18.5. The van der Waals surface area contributed by atoms with Gasteiger partial charge in [0.1, 0.15) is 13.2 Å². The first-order valence-electron chi connectivity index (χ1n) is 27.7. The van der Waals surface area contributed by atoms with E-state index in [4.69, 9.17) is 14.2 Å². The molecule has 0 heterocycles. The summed E-state index contributed by atoms with van der Waals surface area (Å²) in [5.74, 6) is -0.928. The van der Waals surface area contributed by atoms with Crippen LogP contribution in [0.15, 0.2) is 48.6 Å². The molecule has 0 saturated heterocycles. The summed E-state index contributed by atoms with van der Waals surface area (Å²) in [6.07, 6.45) is 63.8. The highest BCUT2D eigenvalue weighted by Crippen LogP contribution is 2.14. The van der Waals surface area contributed by atoms with Gasteiger partial charge in [-0.2, -0.15) is 0 Å². The van der Waals surface area contributed by atoms with E-state index in [-0.39, 0.29) is 31.1 Å². The molecule has 0 aromatic heterocycles. The molecule has 372 valence electrons. The van der Waals surface area contributed by atoms with Crippen LogP contribution in [0.3, 0.4) is 0 Å². The molecular weight excluding hydrogens is 793 g/mol. The lowest BCUT2D eigenvalue weighted by Gasteiger charge is -2.18. The van der Waals surface area contributed by atoms with Gasteiger partial charge in [0.25, 0.3) is 0 Å². The van der Waals surface area contributed by atoms with Gasteiger partial charge in [-0.25, -0.2) is 0 Å². The zero-order valence-corrected chi connectivity index (χ0v) is 42.6. The zero-order valence-electron chi connectivity index (χ0n) is 42.6. The maximum atomic E-state index is 12.8. The van der Waals surface area contributed by atoms with Crippen LogP contribution < -0.4 is 0 Å². The zero-order chi connectivity index (χ0) is 46.5. The van der Waals surface area contributed by atoms with Gasteiger partial charge in [-0.15, -0.1) is 0 Å². The van der Waals surface area contributed by atoms with Gasteiger partial charge in [0, 0.05) is 19.3 Å². The van der Waals surface area contributed by atoms with Crippen molar-refractivity contribution in [2.45, 2.75) is 290 Å². The molecule has 0 aliphatic rings. The minimum absolute atomic E-state index is 0.0897. The van der Waals surface area contributed by atoms with Crippen molar-refractivity contribution in [2.24, 2.45) is 0 Å². The molecule has 0 saturated carbocycles. The first-order valence-corrected chi connectivity index (χ1v) is 27.7. The van der Waals surface area contributed by atoms with E-state index in [1.165, 1.54) is 161 Å². The highest BCUT2D eigenvalue weighted by Gasteiger charge is 2.19. The van der Waals surface area contributed by atoms with Gasteiger partial charge in [-0.1, -0.05) is 217 Å². The summed E-state index contributed by atoms with van der Waals surface area (Å²) in [6.45, 7) is 6.60. The maximum Gasteiger partial charge on any atom is 0.306 e. The van der Waals surface area contributed by atoms with Gasteiger partial charge in [-0.3, -0.25) is 14.4 Å². The van der Waals surface area contributed by atoms with Crippen LogP contribution in [0.2, 0.25) is 0 Å². The molecule has 0 N–H and O–H groups in total. The average molecular weight is 897 g/mol. The van der Waals surface area contributed by atoms with Crippen molar-refractivity contribution >= 4 is 17.9 Å². The predicted octanol–water partition coefficient (Wildman–Crippen LogP) is 18.3. The Bertz CT molecular complexity index is 1120. The van der Waals surface area contributed by atoms with Crippen molar-refractivity contribution in [3.05, 3.63) is 48.6 Å². The van der Waals surface area contributed by atoms with E-state index < -0.39 is 6.10 Å². The van der Waals surface area contributed by atoms with E-state index in [0.717, 1.165) is 83.5 Å². The third-order valence-corrected chi connectivity index (χ3v) is 12.1. The lowest BCUT2D eigenvalue weighted by Crippen LogP contribution is -2.30. The number of carbonyl (C=O) groups is 3. The van der Waals surface area contributed by atoms with Gasteiger partial charge >= 0.3 is 17.9 Å². The first-order chi connectivity index (χ1) is 31.5. The Kier molecular flexibility index (Phi) is 50.8. The monoisotopic (exact) mass is 897 g/mol. The second kappa shape index (κ2) is 53.0. The summed E-state index contributed by atoms with van der Waals surface area (Å²) in [7, 11) is 0. The van der Waals surface area contributed by atoms with Gasteiger partial charge in [0.15, 0.2) is 6.10 Å². The molecule has 0 spiro atoms. The molecule has 1 unspecified atom stereocenters.